The molecule has 0 N–H and O–H groups in total. The number of thiophene rings is 2. The minimum atomic E-state index is 0.584. The first-order valence-corrected chi connectivity index (χ1v) is 37.5. The van der Waals surface area contributed by atoms with Gasteiger partial charge in [-0.05, 0) is 229 Å². The molecule has 0 fully saturated rings. The lowest BCUT2D eigenvalue weighted by Crippen LogP contribution is -1.96. The van der Waals surface area contributed by atoms with Crippen molar-refractivity contribution >= 4 is 150 Å². The molecule has 108 heavy (non-hydrogen) atoms. The Morgan fingerprint density at radius 3 is 0.861 bits per heavy atom. The number of benzene rings is 15. The van der Waals surface area contributed by atoms with E-state index in [-0.39, 0.29) is 0 Å². The van der Waals surface area contributed by atoms with Crippen molar-refractivity contribution < 1.29 is 0 Å². The average Bonchev–Trinajstić information content (AvgIpc) is 1.59. The van der Waals surface area contributed by atoms with E-state index in [0.717, 1.165) is 133 Å². The zero-order chi connectivity index (χ0) is 71.4. The molecule has 0 bridgehead atoms. The van der Waals surface area contributed by atoms with Crippen LogP contribution in [0.5, 0.6) is 0 Å². The summed E-state index contributed by atoms with van der Waals surface area (Å²) in [7, 11) is 0. The van der Waals surface area contributed by atoms with E-state index in [1.807, 2.05) is 72.8 Å². The lowest BCUT2D eigenvalue weighted by atomic mass is 10.0. The van der Waals surface area contributed by atoms with Gasteiger partial charge in [-0.15, -0.1) is 22.7 Å². The van der Waals surface area contributed by atoms with Crippen LogP contribution in [0.2, 0.25) is 0 Å². The second-order valence-electron chi connectivity index (χ2n) is 27.8. The molecule has 15 aromatic carbocycles. The number of nitrogens with zero attached hydrogens (tertiary/aromatic N) is 9. The number of fused-ring (bicyclic) bond motifs is 18. The third kappa shape index (κ3) is 9.45. The predicted octanol–water partition coefficient (Wildman–Crippen LogP) is 25.6. The van der Waals surface area contributed by atoms with Crippen LogP contribution in [-0.4, -0.2) is 28.2 Å². The van der Waals surface area contributed by atoms with Crippen LogP contribution in [0.3, 0.4) is 0 Å². The van der Waals surface area contributed by atoms with Gasteiger partial charge in [0.15, 0.2) is 5.82 Å². The Balaban J connectivity index is 0.625. The fourth-order valence-corrected chi connectivity index (χ4v) is 18.9. The van der Waals surface area contributed by atoms with Crippen molar-refractivity contribution in [1.29, 1.82) is 15.8 Å². The Labute approximate surface area is 625 Å². The smallest absolute Gasteiger partial charge is 0.160 e. The van der Waals surface area contributed by atoms with Gasteiger partial charge in [0, 0.05) is 123 Å². The largest absolute Gasteiger partial charge is 0.309 e. The van der Waals surface area contributed by atoms with Gasteiger partial charge in [0.25, 0.3) is 0 Å². The number of aromatic nitrogens is 6. The molecule has 7 aromatic heterocycles. The Bertz CT molecular complexity index is 7340. The molecule has 22 rings (SSSR count). The van der Waals surface area contributed by atoms with Crippen molar-refractivity contribution in [2.45, 2.75) is 0 Å². The molecular weight excluding hydrogens is 1360 g/mol. The first kappa shape index (κ1) is 61.0. The second kappa shape index (κ2) is 23.8. The molecule has 22 aromatic rings. The van der Waals surface area contributed by atoms with Gasteiger partial charge in [-0.3, -0.25) is 0 Å². The van der Waals surface area contributed by atoms with Gasteiger partial charge in [-0.1, -0.05) is 115 Å². The van der Waals surface area contributed by atoms with Gasteiger partial charge in [-0.2, -0.15) is 15.8 Å². The molecular formula is C97H53N9S2. The third-order valence-corrected chi connectivity index (χ3v) is 24.2. The van der Waals surface area contributed by atoms with Crippen molar-refractivity contribution in [3.63, 3.8) is 0 Å². The lowest BCUT2D eigenvalue weighted by molar-refractivity contribution is 1.18. The summed E-state index contributed by atoms with van der Waals surface area (Å²) in [5, 5.41) is 43.0. The zero-order valence-corrected chi connectivity index (χ0v) is 59.1. The SMILES string of the molecule is N#Cc1ccc(-c2cc(-c3ccc4sc5ccc(-n6c7ccccc7c7cc(-c8ccc9c(c8)c8ccccc8n9-c8ccc(C#N)cc8)ccc76)cc5c4c3)nc(-c3ccc4sc5ccc(-n6c7ccccc7c7cc(-c8ccc9c(c8)c8ccccc8n9-c8ccc(C#N)cc8)ccc76)cc5c4c3)n2)cc1. The zero-order valence-electron chi connectivity index (χ0n) is 57.4. The molecule has 0 radical (unpaired) electrons. The highest BCUT2D eigenvalue weighted by Gasteiger charge is 2.23. The second-order valence-corrected chi connectivity index (χ2v) is 30.0. The Morgan fingerprint density at radius 2 is 0.481 bits per heavy atom. The Hall–Kier alpha value is -14.5. The highest BCUT2D eigenvalue weighted by Crippen LogP contribution is 2.46. The van der Waals surface area contributed by atoms with Crippen LogP contribution < -0.4 is 0 Å². The topological polar surface area (TPSA) is 117 Å². The van der Waals surface area contributed by atoms with E-state index >= 15 is 0 Å². The van der Waals surface area contributed by atoms with E-state index in [1.165, 1.54) is 67.3 Å². The first-order valence-electron chi connectivity index (χ1n) is 35.8. The summed E-state index contributed by atoms with van der Waals surface area (Å²) in [5.41, 5.74) is 23.9. The highest BCUT2D eigenvalue weighted by atomic mass is 32.1. The summed E-state index contributed by atoms with van der Waals surface area (Å²) in [4.78, 5) is 10.9. The van der Waals surface area contributed by atoms with Crippen molar-refractivity contribution in [3.8, 4) is 97.1 Å². The molecule has 9 nitrogen and oxygen atoms in total. The summed E-state index contributed by atoms with van der Waals surface area (Å²) >= 11 is 3.59. The molecule has 0 saturated carbocycles. The number of hydrogen-bond acceptors (Lipinski definition) is 7. The fraction of sp³-hybridized carbons (Fsp3) is 0. The molecule has 0 aliphatic carbocycles. The van der Waals surface area contributed by atoms with Crippen LogP contribution in [0.4, 0.5) is 0 Å². The molecule has 0 aliphatic rings. The van der Waals surface area contributed by atoms with E-state index < -0.39 is 0 Å². The minimum Gasteiger partial charge on any atom is -0.309 e. The average molecular weight is 1410 g/mol. The standard InChI is InChI=1S/C97H53N9S2/c98-54-57-17-23-60(24-18-57)83-53-84(65-29-41-93-79(49-65)81-51-69(35-43-95(81)107-93)105-87-15-7-3-11-73(87)77-47-63(27-39-91(77)105)61-25-37-89-75(45-61)71-9-1-5-13-85(71)103(89)67-31-19-58(55-99)20-32-67)102-97(101-83)66-30-42-94-80(50-66)82-52-70(36-44-96(82)108-94)106-88-16-8-4-12-74(88)78-48-64(28-40-92(78)106)62-26-38-90-76(46-62)72-10-2-6-14-86(72)104(90)68-33-21-59(56-100)22-34-68/h1-53H. The summed E-state index contributed by atoms with van der Waals surface area (Å²) in [6.07, 6.45) is 0. The quantitative estimate of drug-likeness (QED) is 0.143. The maximum Gasteiger partial charge on any atom is 0.160 e. The molecule has 0 aliphatic heterocycles. The number of rotatable bonds is 9. The Morgan fingerprint density at radius 1 is 0.213 bits per heavy atom. The van der Waals surface area contributed by atoms with Crippen molar-refractivity contribution in [2.75, 3.05) is 0 Å². The molecule has 0 amide bonds. The highest BCUT2D eigenvalue weighted by molar-refractivity contribution is 7.26. The summed E-state index contributed by atoms with van der Waals surface area (Å²) in [5.74, 6) is 0.610. The third-order valence-electron chi connectivity index (χ3n) is 21.9. The molecule has 498 valence electrons. The summed E-state index contributed by atoms with van der Waals surface area (Å²) < 4.78 is 14.2. The summed E-state index contributed by atoms with van der Waals surface area (Å²) in [6.45, 7) is 0. The maximum atomic E-state index is 9.89. The molecule has 7 heterocycles. The van der Waals surface area contributed by atoms with Crippen molar-refractivity contribution in [3.05, 3.63) is 338 Å². The lowest BCUT2D eigenvalue weighted by Gasteiger charge is -2.11. The van der Waals surface area contributed by atoms with Crippen LogP contribution in [0, 0.1) is 34.0 Å². The van der Waals surface area contributed by atoms with Gasteiger partial charge in [0.1, 0.15) is 0 Å². The minimum absolute atomic E-state index is 0.584. The molecule has 0 atom stereocenters. The molecule has 0 spiro atoms. The molecule has 11 heteroatoms. The Kier molecular flexibility index (Phi) is 13.4. The van der Waals surface area contributed by atoms with Crippen molar-refractivity contribution in [1.82, 2.24) is 28.2 Å². The van der Waals surface area contributed by atoms with Crippen molar-refractivity contribution in [2.24, 2.45) is 0 Å². The fourth-order valence-electron chi connectivity index (χ4n) is 16.8. The predicted molar refractivity (Wildman–Crippen MR) is 446 cm³/mol. The maximum absolute atomic E-state index is 9.89. The van der Waals surface area contributed by atoms with Gasteiger partial charge in [0.05, 0.1) is 90.4 Å². The van der Waals surface area contributed by atoms with E-state index in [2.05, 4.69) is 285 Å². The normalized spacial score (nSPS) is 11.9. The monoisotopic (exact) mass is 1410 g/mol. The van der Waals surface area contributed by atoms with Crippen LogP contribution in [0.15, 0.2) is 322 Å². The van der Waals surface area contributed by atoms with Gasteiger partial charge >= 0.3 is 0 Å². The first-order chi connectivity index (χ1) is 53.3. The van der Waals surface area contributed by atoms with E-state index in [0.29, 0.717) is 22.5 Å². The van der Waals surface area contributed by atoms with E-state index in [1.54, 1.807) is 22.7 Å². The molecule has 0 saturated heterocycles. The van der Waals surface area contributed by atoms with Gasteiger partial charge in [-0.25, -0.2) is 9.97 Å². The van der Waals surface area contributed by atoms with Crippen LogP contribution in [-0.2, 0) is 0 Å². The van der Waals surface area contributed by atoms with E-state index in [4.69, 9.17) is 9.97 Å². The number of para-hydroxylation sites is 4. The van der Waals surface area contributed by atoms with Gasteiger partial charge in [0.2, 0.25) is 0 Å². The number of nitriles is 3. The van der Waals surface area contributed by atoms with E-state index in [9.17, 15) is 15.8 Å². The van der Waals surface area contributed by atoms with Crippen LogP contribution >= 0.6 is 22.7 Å². The summed E-state index contributed by atoms with van der Waals surface area (Å²) in [6, 6.07) is 121. The molecule has 0 unspecified atom stereocenters. The van der Waals surface area contributed by atoms with Crippen LogP contribution in [0.25, 0.3) is 206 Å². The van der Waals surface area contributed by atoms with Crippen LogP contribution in [0.1, 0.15) is 16.7 Å². The van der Waals surface area contributed by atoms with Gasteiger partial charge < -0.3 is 18.3 Å². The number of hydrogen-bond donors (Lipinski definition) is 0.